The molecule has 0 bridgehead atoms. The Morgan fingerprint density at radius 2 is 1.32 bits per heavy atom. The van der Waals surface area contributed by atoms with Crippen molar-refractivity contribution in [3.05, 3.63) is 106 Å². The van der Waals surface area contributed by atoms with Crippen molar-refractivity contribution in [3.8, 4) is 28.0 Å². The van der Waals surface area contributed by atoms with Gasteiger partial charge in [0.05, 0.1) is 10.2 Å². The molecule has 1 aromatic heterocycles. The Bertz CT molecular complexity index is 1640. The summed E-state index contributed by atoms with van der Waals surface area (Å²) in [7, 11) is 0. The number of alkyl halides is 2. The molecule has 0 unspecified atom stereocenters. The number of halogens is 7. The zero-order chi connectivity index (χ0) is 26.5. The fourth-order valence-electron chi connectivity index (χ4n) is 3.77. The molecule has 188 valence electrons. The van der Waals surface area contributed by atoms with Gasteiger partial charge in [0.15, 0.2) is 17.5 Å². The fraction of sp³-hybridized carbons (Fsp3) is 0.0741. The maximum absolute atomic E-state index is 14.8. The van der Waals surface area contributed by atoms with Crippen molar-refractivity contribution >= 4 is 21.6 Å². The number of hydrogen-bond donors (Lipinski definition) is 0. The summed E-state index contributed by atoms with van der Waals surface area (Å²) in [6, 6.07) is 12.6. The number of fused-ring (bicyclic) bond motifs is 1. The average molecular weight is 533 g/mol. The molecular formula is C27H14F7NOS. The summed E-state index contributed by atoms with van der Waals surface area (Å²) in [6.07, 6.45) is -3.83. The van der Waals surface area contributed by atoms with Crippen molar-refractivity contribution < 1.29 is 35.5 Å². The summed E-state index contributed by atoms with van der Waals surface area (Å²) >= 11 is 0.756. The Morgan fingerprint density at radius 3 is 2.00 bits per heavy atom. The lowest BCUT2D eigenvalue weighted by molar-refractivity contribution is -0.185. The monoisotopic (exact) mass is 533 g/mol. The summed E-state index contributed by atoms with van der Waals surface area (Å²) in [5.41, 5.74) is 0.664. The SMILES string of the molecule is Cc1ccc2nc(C(F)(F)Oc3ccc(-c4ccc(-c5cc(F)c(F)c(F)c5)c(F)c4)c(F)c3)sc2c1. The third kappa shape index (κ3) is 4.76. The van der Waals surface area contributed by atoms with Gasteiger partial charge in [-0.25, -0.2) is 26.9 Å². The molecule has 5 rings (SSSR count). The maximum atomic E-state index is 14.8. The van der Waals surface area contributed by atoms with Gasteiger partial charge in [-0.1, -0.05) is 18.2 Å². The highest BCUT2D eigenvalue weighted by atomic mass is 32.1. The van der Waals surface area contributed by atoms with Crippen molar-refractivity contribution in [3.63, 3.8) is 0 Å². The van der Waals surface area contributed by atoms with Crippen LogP contribution in [0.25, 0.3) is 32.5 Å². The van der Waals surface area contributed by atoms with Gasteiger partial charge in [0.2, 0.25) is 5.01 Å². The molecule has 0 radical (unpaired) electrons. The lowest BCUT2D eigenvalue weighted by Crippen LogP contribution is -2.21. The molecule has 0 aliphatic heterocycles. The van der Waals surface area contributed by atoms with E-state index >= 15 is 0 Å². The van der Waals surface area contributed by atoms with Crippen LogP contribution in [0.1, 0.15) is 10.6 Å². The first-order valence-corrected chi connectivity index (χ1v) is 11.5. The van der Waals surface area contributed by atoms with Crippen LogP contribution in [-0.4, -0.2) is 4.98 Å². The van der Waals surface area contributed by atoms with Crippen LogP contribution in [0.3, 0.4) is 0 Å². The second-order valence-electron chi connectivity index (χ2n) is 8.20. The molecule has 0 fully saturated rings. The van der Waals surface area contributed by atoms with Crippen molar-refractivity contribution in [1.82, 2.24) is 4.98 Å². The second kappa shape index (κ2) is 9.19. The number of nitrogens with zero attached hydrogens (tertiary/aromatic N) is 1. The van der Waals surface area contributed by atoms with Gasteiger partial charge in [-0.15, -0.1) is 11.3 Å². The minimum atomic E-state index is -3.83. The summed E-state index contributed by atoms with van der Waals surface area (Å²) in [4.78, 5) is 3.91. The summed E-state index contributed by atoms with van der Waals surface area (Å²) in [5.74, 6) is -7.07. The number of benzene rings is 4. The maximum Gasteiger partial charge on any atom is 0.454 e. The summed E-state index contributed by atoms with van der Waals surface area (Å²) in [6.45, 7) is 1.82. The molecule has 4 aromatic carbocycles. The summed E-state index contributed by atoms with van der Waals surface area (Å²) < 4.78 is 105. The van der Waals surface area contributed by atoms with Crippen LogP contribution in [0.4, 0.5) is 30.7 Å². The van der Waals surface area contributed by atoms with E-state index in [0.717, 1.165) is 47.2 Å². The Balaban J connectivity index is 1.41. The molecule has 0 aliphatic rings. The van der Waals surface area contributed by atoms with Crippen molar-refractivity contribution in [2.75, 3.05) is 0 Å². The van der Waals surface area contributed by atoms with E-state index in [9.17, 15) is 30.7 Å². The minimum absolute atomic E-state index is 0.0293. The first kappa shape index (κ1) is 24.8. The van der Waals surface area contributed by atoms with Crippen LogP contribution in [-0.2, 0) is 6.11 Å². The first-order chi connectivity index (χ1) is 17.5. The van der Waals surface area contributed by atoms with Gasteiger partial charge in [-0.05, 0) is 66.1 Å². The molecule has 0 atom stereocenters. The molecule has 2 nitrogen and oxygen atoms in total. The molecule has 10 heteroatoms. The van der Waals surface area contributed by atoms with E-state index in [4.69, 9.17) is 4.74 Å². The highest BCUT2D eigenvalue weighted by Gasteiger charge is 2.39. The predicted octanol–water partition coefficient (Wildman–Crippen LogP) is 8.76. The summed E-state index contributed by atoms with van der Waals surface area (Å²) in [5, 5.41) is -0.594. The lowest BCUT2D eigenvalue weighted by Gasteiger charge is -2.16. The van der Waals surface area contributed by atoms with Gasteiger partial charge in [0.1, 0.15) is 17.4 Å². The Morgan fingerprint density at radius 1 is 0.703 bits per heavy atom. The van der Waals surface area contributed by atoms with Gasteiger partial charge in [-0.3, -0.25) is 0 Å². The van der Waals surface area contributed by atoms with Gasteiger partial charge in [0, 0.05) is 17.2 Å². The van der Waals surface area contributed by atoms with Crippen LogP contribution in [0.15, 0.2) is 66.7 Å². The van der Waals surface area contributed by atoms with Crippen LogP contribution in [0.5, 0.6) is 5.75 Å². The quantitative estimate of drug-likeness (QED) is 0.166. The van der Waals surface area contributed by atoms with E-state index in [1.165, 1.54) is 6.07 Å². The molecule has 0 aliphatic carbocycles. The van der Waals surface area contributed by atoms with E-state index in [1.54, 1.807) is 18.2 Å². The number of thiazole rings is 1. The minimum Gasteiger partial charge on any atom is -0.427 e. The largest absolute Gasteiger partial charge is 0.454 e. The van der Waals surface area contributed by atoms with E-state index in [1.807, 2.05) is 6.92 Å². The van der Waals surface area contributed by atoms with Gasteiger partial charge in [-0.2, -0.15) is 8.78 Å². The fourth-order valence-corrected chi connectivity index (χ4v) is 4.75. The Hall–Kier alpha value is -3.92. The lowest BCUT2D eigenvalue weighted by atomic mass is 9.99. The standard InChI is InChI=1S/C27H14F7NOS/c1-13-2-7-23-24(8-13)37-26(35-23)27(33,34)36-16-4-6-17(20(29)12-16)14-3-5-18(19(28)9-14)15-10-21(30)25(32)22(31)11-15/h2-12H,1H3. The Labute approximate surface area is 209 Å². The second-order valence-corrected chi connectivity index (χ2v) is 9.23. The van der Waals surface area contributed by atoms with Crippen LogP contribution in [0, 0.1) is 36.0 Å². The highest BCUT2D eigenvalue weighted by molar-refractivity contribution is 7.18. The van der Waals surface area contributed by atoms with Crippen molar-refractivity contribution in [2.45, 2.75) is 13.0 Å². The van der Waals surface area contributed by atoms with Gasteiger partial charge in [0.25, 0.3) is 0 Å². The zero-order valence-corrected chi connectivity index (χ0v) is 19.6. The third-order valence-electron chi connectivity index (χ3n) is 5.55. The molecular weight excluding hydrogens is 519 g/mol. The van der Waals surface area contributed by atoms with Crippen molar-refractivity contribution in [2.24, 2.45) is 0 Å². The molecule has 0 spiro atoms. The van der Waals surface area contributed by atoms with E-state index in [2.05, 4.69) is 4.98 Å². The normalized spacial score (nSPS) is 11.8. The van der Waals surface area contributed by atoms with Crippen molar-refractivity contribution in [1.29, 1.82) is 0 Å². The molecule has 0 saturated heterocycles. The highest BCUT2D eigenvalue weighted by Crippen LogP contribution is 2.38. The smallest absolute Gasteiger partial charge is 0.427 e. The van der Waals surface area contributed by atoms with Crippen LogP contribution >= 0.6 is 11.3 Å². The number of rotatable bonds is 5. The molecule has 0 saturated carbocycles. The molecule has 37 heavy (non-hydrogen) atoms. The molecule has 5 aromatic rings. The molecule has 1 heterocycles. The zero-order valence-electron chi connectivity index (χ0n) is 18.8. The number of aryl methyl sites for hydroxylation is 1. The number of ether oxygens (including phenoxy) is 1. The number of aromatic nitrogens is 1. The van der Waals surface area contributed by atoms with E-state index in [-0.39, 0.29) is 22.3 Å². The van der Waals surface area contributed by atoms with Crippen LogP contribution < -0.4 is 4.74 Å². The van der Waals surface area contributed by atoms with Gasteiger partial charge < -0.3 is 4.74 Å². The molecule has 0 N–H and O–H groups in total. The average Bonchev–Trinajstić information content (AvgIpc) is 3.26. The van der Waals surface area contributed by atoms with E-state index in [0.29, 0.717) is 22.3 Å². The van der Waals surface area contributed by atoms with Gasteiger partial charge >= 0.3 is 6.11 Å². The predicted molar refractivity (Wildman–Crippen MR) is 126 cm³/mol. The third-order valence-corrected chi connectivity index (χ3v) is 6.62. The topological polar surface area (TPSA) is 22.1 Å². The van der Waals surface area contributed by atoms with Crippen LogP contribution in [0.2, 0.25) is 0 Å². The Kier molecular flexibility index (Phi) is 6.15. The number of hydrogen-bond acceptors (Lipinski definition) is 3. The first-order valence-electron chi connectivity index (χ1n) is 10.7. The van der Waals surface area contributed by atoms with E-state index < -0.39 is 46.0 Å². The molecule has 0 amide bonds.